The van der Waals surface area contributed by atoms with Gasteiger partial charge in [-0.05, 0) is 17.5 Å². The monoisotopic (exact) mass is 206 g/mol. The molecule has 0 aromatic heterocycles. The Bertz CT molecular complexity index is 327. The van der Waals surface area contributed by atoms with Crippen LogP contribution in [0.2, 0.25) is 0 Å². The maximum Gasteiger partial charge on any atom is 0.0679 e. The van der Waals surface area contributed by atoms with Crippen molar-refractivity contribution in [1.29, 1.82) is 0 Å². The van der Waals surface area contributed by atoms with Crippen molar-refractivity contribution in [3.8, 4) is 0 Å². The second-order valence-electron chi connectivity index (χ2n) is 4.15. The molecule has 1 fully saturated rings. The van der Waals surface area contributed by atoms with Crippen LogP contribution in [0.25, 0.3) is 0 Å². The Balaban J connectivity index is 2.04. The van der Waals surface area contributed by atoms with E-state index in [4.69, 9.17) is 5.73 Å². The average Bonchev–Trinajstić information content (AvgIpc) is 2.65. The minimum atomic E-state index is -0.143. The molecule has 0 aliphatic carbocycles. The lowest BCUT2D eigenvalue weighted by Crippen LogP contribution is -2.22. The summed E-state index contributed by atoms with van der Waals surface area (Å²) in [5.74, 6) is 0. The first-order valence-electron chi connectivity index (χ1n) is 5.47. The van der Waals surface area contributed by atoms with Crippen molar-refractivity contribution in [3.05, 3.63) is 35.4 Å². The summed E-state index contributed by atoms with van der Waals surface area (Å²) in [4.78, 5) is 2.28. The topological polar surface area (TPSA) is 49.5 Å². The minimum Gasteiger partial charge on any atom is -0.392 e. The third-order valence-corrected chi connectivity index (χ3v) is 2.98. The van der Waals surface area contributed by atoms with Gasteiger partial charge >= 0.3 is 0 Å². The summed E-state index contributed by atoms with van der Waals surface area (Å²) in [5.41, 5.74) is 8.18. The lowest BCUT2D eigenvalue weighted by Gasteiger charge is -2.16. The molecule has 1 aromatic rings. The standard InChI is InChI=1S/C12H18N2O/c13-7-10-3-1-2-4-11(10)8-14-6-5-12(15)9-14/h1-4,12,15H,5-9,13H2/t12-/m1/s1. The zero-order valence-corrected chi connectivity index (χ0v) is 8.89. The van der Waals surface area contributed by atoms with E-state index in [0.29, 0.717) is 6.54 Å². The molecule has 0 saturated carbocycles. The van der Waals surface area contributed by atoms with Gasteiger partial charge < -0.3 is 10.8 Å². The van der Waals surface area contributed by atoms with Crippen LogP contribution in [0.4, 0.5) is 0 Å². The first kappa shape index (κ1) is 10.6. The lowest BCUT2D eigenvalue weighted by atomic mass is 10.1. The minimum absolute atomic E-state index is 0.143. The average molecular weight is 206 g/mol. The molecule has 1 saturated heterocycles. The van der Waals surface area contributed by atoms with Gasteiger partial charge in [-0.3, -0.25) is 4.90 Å². The highest BCUT2D eigenvalue weighted by Gasteiger charge is 2.20. The number of aliphatic hydroxyl groups excluding tert-OH is 1. The van der Waals surface area contributed by atoms with E-state index in [9.17, 15) is 5.11 Å². The molecule has 15 heavy (non-hydrogen) atoms. The van der Waals surface area contributed by atoms with Crippen LogP contribution < -0.4 is 5.73 Å². The lowest BCUT2D eigenvalue weighted by molar-refractivity contribution is 0.174. The second-order valence-corrected chi connectivity index (χ2v) is 4.15. The van der Waals surface area contributed by atoms with Gasteiger partial charge in [0.05, 0.1) is 6.10 Å². The van der Waals surface area contributed by atoms with Gasteiger partial charge in [-0.25, -0.2) is 0 Å². The largest absolute Gasteiger partial charge is 0.392 e. The summed E-state index contributed by atoms with van der Waals surface area (Å²) < 4.78 is 0. The maximum atomic E-state index is 9.44. The second kappa shape index (κ2) is 4.75. The van der Waals surface area contributed by atoms with E-state index >= 15 is 0 Å². The van der Waals surface area contributed by atoms with E-state index in [1.54, 1.807) is 0 Å². The summed E-state index contributed by atoms with van der Waals surface area (Å²) in [6.45, 7) is 3.27. The Morgan fingerprint density at radius 3 is 2.67 bits per heavy atom. The van der Waals surface area contributed by atoms with Crippen LogP contribution in [0.1, 0.15) is 17.5 Å². The smallest absolute Gasteiger partial charge is 0.0679 e. The Labute approximate surface area is 90.5 Å². The molecule has 0 bridgehead atoms. The molecule has 2 rings (SSSR count). The number of benzene rings is 1. The Kier molecular flexibility index (Phi) is 3.36. The summed E-state index contributed by atoms with van der Waals surface area (Å²) in [5, 5.41) is 9.44. The van der Waals surface area contributed by atoms with Gasteiger partial charge in [-0.1, -0.05) is 24.3 Å². The normalized spacial score (nSPS) is 22.1. The predicted molar refractivity (Wildman–Crippen MR) is 60.2 cm³/mol. The van der Waals surface area contributed by atoms with Crippen LogP contribution in [-0.2, 0) is 13.1 Å². The van der Waals surface area contributed by atoms with Crippen LogP contribution >= 0.6 is 0 Å². The first-order valence-corrected chi connectivity index (χ1v) is 5.47. The molecule has 0 spiro atoms. The third kappa shape index (κ3) is 2.56. The Morgan fingerprint density at radius 2 is 2.07 bits per heavy atom. The van der Waals surface area contributed by atoms with E-state index in [1.165, 1.54) is 11.1 Å². The Morgan fingerprint density at radius 1 is 1.33 bits per heavy atom. The highest BCUT2D eigenvalue weighted by molar-refractivity contribution is 5.26. The van der Waals surface area contributed by atoms with Crippen molar-refractivity contribution in [2.24, 2.45) is 5.73 Å². The molecule has 82 valence electrons. The van der Waals surface area contributed by atoms with Crippen molar-refractivity contribution in [1.82, 2.24) is 4.90 Å². The summed E-state index contributed by atoms with van der Waals surface area (Å²) in [7, 11) is 0. The van der Waals surface area contributed by atoms with Crippen LogP contribution in [0.5, 0.6) is 0 Å². The number of nitrogens with two attached hydrogens (primary N) is 1. The van der Waals surface area contributed by atoms with Gasteiger partial charge in [0.25, 0.3) is 0 Å². The zero-order chi connectivity index (χ0) is 10.7. The number of hydrogen-bond donors (Lipinski definition) is 2. The molecule has 0 unspecified atom stereocenters. The number of likely N-dealkylation sites (tertiary alicyclic amines) is 1. The molecule has 1 aliphatic heterocycles. The van der Waals surface area contributed by atoms with Gasteiger partial charge in [0, 0.05) is 26.2 Å². The molecule has 1 aliphatic rings. The number of aliphatic hydroxyl groups is 1. The molecular formula is C12H18N2O. The van der Waals surface area contributed by atoms with Gasteiger partial charge in [-0.15, -0.1) is 0 Å². The van der Waals surface area contributed by atoms with Crippen molar-refractivity contribution in [2.45, 2.75) is 25.6 Å². The van der Waals surface area contributed by atoms with E-state index in [2.05, 4.69) is 17.0 Å². The fourth-order valence-corrected chi connectivity index (χ4v) is 2.11. The SMILES string of the molecule is NCc1ccccc1CN1CC[C@@H](O)C1. The van der Waals surface area contributed by atoms with Crippen LogP contribution in [0.3, 0.4) is 0 Å². The maximum absolute atomic E-state index is 9.44. The molecular weight excluding hydrogens is 188 g/mol. The number of β-amino-alcohol motifs (C(OH)–C–C–N with tert-alkyl or cyclic N) is 1. The third-order valence-electron chi connectivity index (χ3n) is 2.98. The highest BCUT2D eigenvalue weighted by atomic mass is 16.3. The van der Waals surface area contributed by atoms with E-state index in [1.807, 2.05) is 12.1 Å². The summed E-state index contributed by atoms with van der Waals surface area (Å²) in [6.07, 6.45) is 0.750. The van der Waals surface area contributed by atoms with Crippen molar-refractivity contribution >= 4 is 0 Å². The van der Waals surface area contributed by atoms with Crippen LogP contribution in [0, 0.1) is 0 Å². The molecule has 3 heteroatoms. The molecule has 0 radical (unpaired) electrons. The first-order chi connectivity index (χ1) is 7.29. The number of hydrogen-bond acceptors (Lipinski definition) is 3. The number of rotatable bonds is 3. The van der Waals surface area contributed by atoms with Gasteiger partial charge in [0.1, 0.15) is 0 Å². The molecule has 3 nitrogen and oxygen atoms in total. The highest BCUT2D eigenvalue weighted by Crippen LogP contribution is 2.15. The molecule has 1 aromatic carbocycles. The van der Waals surface area contributed by atoms with Crippen molar-refractivity contribution in [3.63, 3.8) is 0 Å². The molecule has 1 heterocycles. The van der Waals surface area contributed by atoms with E-state index in [-0.39, 0.29) is 6.10 Å². The van der Waals surface area contributed by atoms with E-state index in [0.717, 1.165) is 26.1 Å². The van der Waals surface area contributed by atoms with Gasteiger partial charge in [0.15, 0.2) is 0 Å². The molecule has 1 atom stereocenters. The molecule has 3 N–H and O–H groups in total. The predicted octanol–water partition coefficient (Wildman–Crippen LogP) is 0.712. The van der Waals surface area contributed by atoms with Gasteiger partial charge in [0.2, 0.25) is 0 Å². The molecule has 0 amide bonds. The van der Waals surface area contributed by atoms with Gasteiger partial charge in [-0.2, -0.15) is 0 Å². The van der Waals surface area contributed by atoms with Crippen molar-refractivity contribution < 1.29 is 5.11 Å². The fraction of sp³-hybridized carbons (Fsp3) is 0.500. The quantitative estimate of drug-likeness (QED) is 0.766. The van der Waals surface area contributed by atoms with E-state index < -0.39 is 0 Å². The van der Waals surface area contributed by atoms with Crippen LogP contribution in [0.15, 0.2) is 24.3 Å². The Hall–Kier alpha value is -0.900. The summed E-state index contributed by atoms with van der Waals surface area (Å²) >= 11 is 0. The zero-order valence-electron chi connectivity index (χ0n) is 8.89. The van der Waals surface area contributed by atoms with Crippen LogP contribution in [-0.4, -0.2) is 29.2 Å². The van der Waals surface area contributed by atoms with Crippen molar-refractivity contribution in [2.75, 3.05) is 13.1 Å². The summed E-state index contributed by atoms with van der Waals surface area (Å²) in [6, 6.07) is 8.25. The fourth-order valence-electron chi connectivity index (χ4n) is 2.11. The number of nitrogens with zero attached hydrogens (tertiary/aromatic N) is 1.